The lowest BCUT2D eigenvalue weighted by atomic mass is 10.1. The molecule has 8 nitrogen and oxygen atoms in total. The van der Waals surface area contributed by atoms with Crippen molar-refractivity contribution in [2.45, 2.75) is 18.9 Å². The van der Waals surface area contributed by atoms with Crippen LogP contribution < -0.4 is 15.0 Å². The highest BCUT2D eigenvalue weighted by Crippen LogP contribution is 2.17. The molecule has 1 saturated heterocycles. The molecule has 1 fully saturated rings. The molecule has 1 aliphatic heterocycles. The van der Waals surface area contributed by atoms with Crippen LogP contribution in [0.25, 0.3) is 0 Å². The van der Waals surface area contributed by atoms with Crippen LogP contribution in [0.3, 0.4) is 0 Å². The van der Waals surface area contributed by atoms with Crippen molar-refractivity contribution in [3.8, 4) is 5.75 Å². The fourth-order valence-corrected chi connectivity index (χ4v) is 2.54. The number of methoxy groups -OCH3 is 1. The fraction of sp³-hybridized carbons (Fsp3) is 0.400. The SMILES string of the molecule is COc1cnc(N2CCCC(NC(=O)c3ccncn3)C2)nc1. The quantitative estimate of drug-likeness (QED) is 0.886. The van der Waals surface area contributed by atoms with E-state index in [9.17, 15) is 4.79 Å². The monoisotopic (exact) mass is 314 g/mol. The number of nitrogens with one attached hydrogen (secondary N) is 1. The van der Waals surface area contributed by atoms with Crippen LogP contribution in [0.5, 0.6) is 5.75 Å². The molecule has 23 heavy (non-hydrogen) atoms. The number of rotatable bonds is 4. The maximum Gasteiger partial charge on any atom is 0.270 e. The van der Waals surface area contributed by atoms with Crippen LogP contribution in [0, 0.1) is 0 Å². The van der Waals surface area contributed by atoms with Gasteiger partial charge in [0, 0.05) is 25.3 Å². The Labute approximate surface area is 134 Å². The highest BCUT2D eigenvalue weighted by Gasteiger charge is 2.23. The zero-order valence-corrected chi connectivity index (χ0v) is 12.8. The van der Waals surface area contributed by atoms with E-state index in [1.165, 1.54) is 6.33 Å². The van der Waals surface area contributed by atoms with E-state index in [2.05, 4.69) is 30.2 Å². The first-order valence-electron chi connectivity index (χ1n) is 7.44. The standard InChI is InChI=1S/C15H18N6O2/c1-23-12-7-17-15(18-8-12)21-6-2-3-11(9-21)20-14(22)13-4-5-16-10-19-13/h4-5,7-8,10-11H,2-3,6,9H2,1H3,(H,20,22). The van der Waals surface area contributed by atoms with Crippen LogP contribution in [0.1, 0.15) is 23.3 Å². The molecule has 0 bridgehead atoms. The van der Waals surface area contributed by atoms with E-state index < -0.39 is 0 Å². The first-order valence-corrected chi connectivity index (χ1v) is 7.44. The molecule has 120 valence electrons. The third kappa shape index (κ3) is 3.71. The molecule has 1 N–H and O–H groups in total. The predicted molar refractivity (Wildman–Crippen MR) is 83.3 cm³/mol. The molecule has 1 aliphatic rings. The molecule has 2 aromatic heterocycles. The van der Waals surface area contributed by atoms with Gasteiger partial charge in [0.25, 0.3) is 5.91 Å². The van der Waals surface area contributed by atoms with Gasteiger partial charge in [-0.25, -0.2) is 19.9 Å². The molecule has 1 unspecified atom stereocenters. The average Bonchev–Trinajstić information content (AvgIpc) is 2.63. The van der Waals surface area contributed by atoms with Gasteiger partial charge in [0.1, 0.15) is 12.0 Å². The van der Waals surface area contributed by atoms with E-state index in [-0.39, 0.29) is 11.9 Å². The minimum absolute atomic E-state index is 0.0388. The van der Waals surface area contributed by atoms with Gasteiger partial charge in [-0.2, -0.15) is 0 Å². The molecule has 8 heteroatoms. The summed E-state index contributed by atoms with van der Waals surface area (Å²) in [7, 11) is 1.58. The topological polar surface area (TPSA) is 93.1 Å². The summed E-state index contributed by atoms with van der Waals surface area (Å²) < 4.78 is 5.07. The van der Waals surface area contributed by atoms with Crippen LogP contribution in [0.2, 0.25) is 0 Å². The van der Waals surface area contributed by atoms with Crippen LogP contribution in [-0.4, -0.2) is 52.1 Å². The van der Waals surface area contributed by atoms with Crippen molar-refractivity contribution in [1.82, 2.24) is 25.3 Å². The number of piperidine rings is 1. The van der Waals surface area contributed by atoms with Gasteiger partial charge in [-0.1, -0.05) is 0 Å². The van der Waals surface area contributed by atoms with E-state index in [1.807, 2.05) is 0 Å². The summed E-state index contributed by atoms with van der Waals surface area (Å²) in [5.74, 6) is 1.08. The number of ether oxygens (including phenoxy) is 1. The summed E-state index contributed by atoms with van der Waals surface area (Å²) in [6.07, 6.45) is 8.10. The Morgan fingerprint density at radius 1 is 1.35 bits per heavy atom. The smallest absolute Gasteiger partial charge is 0.270 e. The minimum atomic E-state index is -0.185. The molecule has 0 aromatic carbocycles. The Morgan fingerprint density at radius 2 is 2.17 bits per heavy atom. The summed E-state index contributed by atoms with van der Waals surface area (Å²) in [6, 6.07) is 1.64. The molecule has 1 atom stereocenters. The molecular weight excluding hydrogens is 296 g/mol. The van der Waals surface area contributed by atoms with Gasteiger partial charge in [-0.15, -0.1) is 0 Å². The highest BCUT2D eigenvalue weighted by molar-refractivity contribution is 5.92. The highest BCUT2D eigenvalue weighted by atomic mass is 16.5. The van der Waals surface area contributed by atoms with Crippen molar-refractivity contribution >= 4 is 11.9 Å². The van der Waals surface area contributed by atoms with E-state index in [0.717, 1.165) is 19.4 Å². The van der Waals surface area contributed by atoms with E-state index in [4.69, 9.17) is 4.74 Å². The molecule has 0 saturated carbocycles. The average molecular weight is 314 g/mol. The zero-order valence-electron chi connectivity index (χ0n) is 12.8. The van der Waals surface area contributed by atoms with Gasteiger partial charge in [0.05, 0.1) is 19.5 Å². The van der Waals surface area contributed by atoms with Gasteiger partial charge in [0.2, 0.25) is 5.95 Å². The maximum absolute atomic E-state index is 12.2. The van der Waals surface area contributed by atoms with Crippen molar-refractivity contribution in [2.75, 3.05) is 25.1 Å². The van der Waals surface area contributed by atoms with Crippen molar-refractivity contribution < 1.29 is 9.53 Å². The Morgan fingerprint density at radius 3 is 2.87 bits per heavy atom. The molecule has 2 aromatic rings. The van der Waals surface area contributed by atoms with Gasteiger partial charge in [-0.05, 0) is 18.9 Å². The molecule has 0 spiro atoms. The number of carbonyl (C=O) groups excluding carboxylic acids is 1. The lowest BCUT2D eigenvalue weighted by Gasteiger charge is -2.33. The summed E-state index contributed by atoms with van der Waals surface area (Å²) in [4.78, 5) is 30.6. The van der Waals surface area contributed by atoms with Gasteiger partial charge < -0.3 is 15.0 Å². The Balaban J connectivity index is 1.62. The van der Waals surface area contributed by atoms with Crippen LogP contribution >= 0.6 is 0 Å². The van der Waals surface area contributed by atoms with Crippen LogP contribution in [0.4, 0.5) is 5.95 Å². The number of amides is 1. The largest absolute Gasteiger partial charge is 0.494 e. The van der Waals surface area contributed by atoms with Gasteiger partial charge >= 0.3 is 0 Å². The molecule has 3 heterocycles. The van der Waals surface area contributed by atoms with Crippen molar-refractivity contribution in [3.05, 3.63) is 36.7 Å². The lowest BCUT2D eigenvalue weighted by molar-refractivity contribution is 0.0928. The third-order valence-electron chi connectivity index (χ3n) is 3.70. The summed E-state index contributed by atoms with van der Waals surface area (Å²) in [5.41, 5.74) is 0.373. The second-order valence-electron chi connectivity index (χ2n) is 5.28. The number of anilines is 1. The number of hydrogen-bond acceptors (Lipinski definition) is 7. The second-order valence-corrected chi connectivity index (χ2v) is 5.28. The summed E-state index contributed by atoms with van der Waals surface area (Å²) in [5, 5.41) is 3.01. The van der Waals surface area contributed by atoms with Gasteiger partial charge in [-0.3, -0.25) is 4.79 Å². The lowest BCUT2D eigenvalue weighted by Crippen LogP contribution is -2.48. The number of aromatic nitrogens is 4. The first kappa shape index (κ1) is 15.1. The van der Waals surface area contributed by atoms with Crippen molar-refractivity contribution in [2.24, 2.45) is 0 Å². The maximum atomic E-state index is 12.2. The van der Waals surface area contributed by atoms with E-state index in [1.54, 1.807) is 31.8 Å². The molecule has 1 amide bonds. The number of hydrogen-bond donors (Lipinski definition) is 1. The second kappa shape index (κ2) is 6.99. The Bertz CT molecular complexity index is 649. The minimum Gasteiger partial charge on any atom is -0.494 e. The summed E-state index contributed by atoms with van der Waals surface area (Å²) in [6.45, 7) is 1.54. The molecular formula is C15H18N6O2. The third-order valence-corrected chi connectivity index (χ3v) is 3.70. The van der Waals surface area contributed by atoms with Crippen LogP contribution in [-0.2, 0) is 0 Å². The molecule has 0 radical (unpaired) electrons. The normalized spacial score (nSPS) is 17.6. The Hall–Kier alpha value is -2.77. The molecule has 3 rings (SSSR count). The molecule has 0 aliphatic carbocycles. The van der Waals surface area contributed by atoms with Gasteiger partial charge in [0.15, 0.2) is 5.75 Å². The number of nitrogens with zero attached hydrogens (tertiary/aromatic N) is 5. The zero-order chi connectivity index (χ0) is 16.1. The van der Waals surface area contributed by atoms with Crippen molar-refractivity contribution in [3.63, 3.8) is 0 Å². The number of carbonyl (C=O) groups is 1. The van der Waals surface area contributed by atoms with E-state index in [0.29, 0.717) is 23.9 Å². The predicted octanol–water partition coefficient (Wildman–Crippen LogP) is 0.674. The first-order chi connectivity index (χ1) is 11.3. The summed E-state index contributed by atoms with van der Waals surface area (Å²) >= 11 is 0. The fourth-order valence-electron chi connectivity index (χ4n) is 2.54. The van der Waals surface area contributed by atoms with Crippen molar-refractivity contribution in [1.29, 1.82) is 0 Å². The Kier molecular flexibility index (Phi) is 4.60. The van der Waals surface area contributed by atoms with E-state index >= 15 is 0 Å². The van der Waals surface area contributed by atoms with Crippen LogP contribution in [0.15, 0.2) is 31.0 Å².